The van der Waals surface area contributed by atoms with E-state index in [2.05, 4.69) is 59.5 Å². The standard InChI is InChI=1S/C33H34N2O3/c1-37-28-11-8-24(9-12-28)20-32(36)35-23-33(30-21-29(38-2)13-14-31(30)35)15-17-34(18-16-33)22-25-7-10-26-5-3-4-6-27(26)19-25/h3-14,19,21H,15-18,20,22-23H2,1-2H3. The number of anilines is 1. The minimum absolute atomic E-state index is 0.0423. The van der Waals surface area contributed by atoms with Crippen LogP contribution in [0.25, 0.3) is 10.8 Å². The van der Waals surface area contributed by atoms with Crippen LogP contribution < -0.4 is 14.4 Å². The molecule has 2 aliphatic heterocycles. The highest BCUT2D eigenvalue weighted by Crippen LogP contribution is 2.48. The molecule has 4 aromatic carbocycles. The number of ether oxygens (including phenoxy) is 2. The Bertz CT molecular complexity index is 1460. The molecular weight excluding hydrogens is 472 g/mol. The molecule has 0 N–H and O–H groups in total. The van der Waals surface area contributed by atoms with Crippen LogP contribution in [-0.2, 0) is 23.2 Å². The van der Waals surface area contributed by atoms with Crippen molar-refractivity contribution in [1.82, 2.24) is 4.90 Å². The van der Waals surface area contributed by atoms with E-state index in [0.29, 0.717) is 6.42 Å². The van der Waals surface area contributed by atoms with E-state index in [0.717, 1.165) is 61.8 Å². The summed E-state index contributed by atoms with van der Waals surface area (Å²) in [6.45, 7) is 3.69. The van der Waals surface area contributed by atoms with Gasteiger partial charge in [0.2, 0.25) is 5.91 Å². The van der Waals surface area contributed by atoms with Gasteiger partial charge in [0, 0.05) is 24.2 Å². The van der Waals surface area contributed by atoms with Gasteiger partial charge in [-0.25, -0.2) is 0 Å². The minimum Gasteiger partial charge on any atom is -0.497 e. The van der Waals surface area contributed by atoms with E-state index >= 15 is 0 Å². The highest BCUT2D eigenvalue weighted by molar-refractivity contribution is 5.97. The van der Waals surface area contributed by atoms with Gasteiger partial charge in [0.05, 0.1) is 20.6 Å². The Kier molecular flexibility index (Phi) is 6.54. The number of rotatable bonds is 6. The summed E-state index contributed by atoms with van der Waals surface area (Å²) in [7, 11) is 3.37. The van der Waals surface area contributed by atoms with Crippen molar-refractivity contribution in [3.63, 3.8) is 0 Å². The second-order valence-corrected chi connectivity index (χ2v) is 10.6. The van der Waals surface area contributed by atoms with Gasteiger partial charge in [-0.1, -0.05) is 48.5 Å². The number of methoxy groups -OCH3 is 2. The normalized spacial score (nSPS) is 16.5. The van der Waals surface area contributed by atoms with E-state index in [1.165, 1.54) is 21.9 Å². The zero-order valence-corrected chi connectivity index (χ0v) is 22.2. The van der Waals surface area contributed by atoms with E-state index in [1.807, 2.05) is 35.2 Å². The Labute approximate surface area is 224 Å². The van der Waals surface area contributed by atoms with Crippen molar-refractivity contribution in [1.29, 1.82) is 0 Å². The third-order valence-corrected chi connectivity index (χ3v) is 8.38. The zero-order valence-electron chi connectivity index (χ0n) is 22.2. The van der Waals surface area contributed by atoms with Crippen LogP contribution in [0, 0.1) is 0 Å². The molecule has 2 aliphatic rings. The van der Waals surface area contributed by atoms with Crippen molar-refractivity contribution in [2.75, 3.05) is 38.8 Å². The molecule has 2 heterocycles. The Hall–Kier alpha value is -3.83. The fraction of sp³-hybridized carbons (Fsp3) is 0.303. The van der Waals surface area contributed by atoms with Crippen molar-refractivity contribution in [3.05, 3.63) is 102 Å². The van der Waals surface area contributed by atoms with Crippen LogP contribution in [-0.4, -0.2) is 44.7 Å². The second-order valence-electron chi connectivity index (χ2n) is 10.6. The van der Waals surface area contributed by atoms with Crippen LogP contribution in [0.4, 0.5) is 5.69 Å². The zero-order chi connectivity index (χ0) is 26.1. The molecule has 5 nitrogen and oxygen atoms in total. The Morgan fingerprint density at radius 1 is 0.789 bits per heavy atom. The lowest BCUT2D eigenvalue weighted by molar-refractivity contribution is -0.118. The summed E-state index contributed by atoms with van der Waals surface area (Å²) in [5, 5.41) is 2.58. The lowest BCUT2D eigenvalue weighted by Gasteiger charge is -2.40. The Morgan fingerprint density at radius 2 is 1.47 bits per heavy atom. The average molecular weight is 507 g/mol. The Morgan fingerprint density at radius 3 is 2.21 bits per heavy atom. The average Bonchev–Trinajstić information content (AvgIpc) is 3.28. The number of carbonyl (C=O) groups is 1. The molecule has 1 saturated heterocycles. The number of carbonyl (C=O) groups excluding carboxylic acids is 1. The van der Waals surface area contributed by atoms with E-state index in [4.69, 9.17) is 9.47 Å². The number of hydrogen-bond donors (Lipinski definition) is 0. The van der Waals surface area contributed by atoms with Gasteiger partial charge < -0.3 is 14.4 Å². The van der Waals surface area contributed by atoms with Crippen molar-refractivity contribution in [2.24, 2.45) is 0 Å². The van der Waals surface area contributed by atoms with Crippen molar-refractivity contribution in [2.45, 2.75) is 31.2 Å². The van der Waals surface area contributed by atoms with Gasteiger partial charge in [-0.2, -0.15) is 0 Å². The van der Waals surface area contributed by atoms with Gasteiger partial charge in [-0.15, -0.1) is 0 Å². The Balaban J connectivity index is 1.20. The largest absolute Gasteiger partial charge is 0.497 e. The lowest BCUT2D eigenvalue weighted by Crippen LogP contribution is -2.46. The minimum atomic E-state index is -0.0423. The first-order chi connectivity index (χ1) is 18.6. The third-order valence-electron chi connectivity index (χ3n) is 8.38. The van der Waals surface area contributed by atoms with Gasteiger partial charge in [0.25, 0.3) is 0 Å². The molecule has 0 radical (unpaired) electrons. The number of piperidine rings is 1. The molecular formula is C33H34N2O3. The summed E-state index contributed by atoms with van der Waals surface area (Å²) < 4.78 is 10.9. The fourth-order valence-corrected chi connectivity index (χ4v) is 6.17. The molecule has 0 unspecified atom stereocenters. The molecule has 0 atom stereocenters. The molecule has 0 bridgehead atoms. The maximum atomic E-state index is 13.6. The highest BCUT2D eigenvalue weighted by Gasteiger charge is 2.46. The number of likely N-dealkylation sites (tertiary alicyclic amines) is 1. The first-order valence-corrected chi connectivity index (χ1v) is 13.4. The quantitative estimate of drug-likeness (QED) is 0.323. The summed E-state index contributed by atoms with van der Waals surface area (Å²) in [6.07, 6.45) is 2.42. The first kappa shape index (κ1) is 24.5. The van der Waals surface area contributed by atoms with Crippen LogP contribution in [0.3, 0.4) is 0 Å². The molecule has 194 valence electrons. The molecule has 1 spiro atoms. The van der Waals surface area contributed by atoms with Crippen LogP contribution in [0.2, 0.25) is 0 Å². The summed E-state index contributed by atoms with van der Waals surface area (Å²) >= 11 is 0. The number of fused-ring (bicyclic) bond motifs is 3. The van der Waals surface area contributed by atoms with Crippen LogP contribution in [0.5, 0.6) is 11.5 Å². The number of nitrogens with zero attached hydrogens (tertiary/aromatic N) is 2. The van der Waals surface area contributed by atoms with Crippen LogP contribution in [0.15, 0.2) is 84.9 Å². The van der Waals surface area contributed by atoms with Crippen LogP contribution >= 0.6 is 0 Å². The molecule has 4 aromatic rings. The molecule has 1 fully saturated rings. The molecule has 38 heavy (non-hydrogen) atoms. The van der Waals surface area contributed by atoms with E-state index in [1.54, 1.807) is 14.2 Å². The molecule has 0 saturated carbocycles. The smallest absolute Gasteiger partial charge is 0.231 e. The number of benzene rings is 4. The predicted octanol–water partition coefficient (Wildman–Crippen LogP) is 5.98. The van der Waals surface area contributed by atoms with Gasteiger partial charge >= 0.3 is 0 Å². The highest BCUT2D eigenvalue weighted by atomic mass is 16.5. The van der Waals surface area contributed by atoms with E-state index in [9.17, 15) is 4.79 Å². The maximum absolute atomic E-state index is 13.6. The van der Waals surface area contributed by atoms with Crippen molar-refractivity contribution >= 4 is 22.4 Å². The third kappa shape index (κ3) is 4.63. The number of amides is 1. The summed E-state index contributed by atoms with van der Waals surface area (Å²) in [4.78, 5) is 18.1. The van der Waals surface area contributed by atoms with Gasteiger partial charge in [0.15, 0.2) is 0 Å². The maximum Gasteiger partial charge on any atom is 0.231 e. The van der Waals surface area contributed by atoms with Crippen LogP contribution in [0.1, 0.15) is 29.5 Å². The summed E-state index contributed by atoms with van der Waals surface area (Å²) in [5.74, 6) is 1.79. The van der Waals surface area contributed by atoms with Gasteiger partial charge in [-0.3, -0.25) is 9.69 Å². The molecule has 5 heteroatoms. The molecule has 0 aromatic heterocycles. The predicted molar refractivity (Wildman–Crippen MR) is 152 cm³/mol. The van der Waals surface area contributed by atoms with Crippen molar-refractivity contribution in [3.8, 4) is 11.5 Å². The lowest BCUT2D eigenvalue weighted by atomic mass is 9.74. The topological polar surface area (TPSA) is 42.0 Å². The molecule has 6 rings (SSSR count). The number of hydrogen-bond acceptors (Lipinski definition) is 4. The fourth-order valence-electron chi connectivity index (χ4n) is 6.17. The first-order valence-electron chi connectivity index (χ1n) is 13.4. The molecule has 1 amide bonds. The van der Waals surface area contributed by atoms with Gasteiger partial charge in [0.1, 0.15) is 11.5 Å². The summed E-state index contributed by atoms with van der Waals surface area (Å²) in [5.41, 5.74) is 4.60. The monoisotopic (exact) mass is 506 g/mol. The summed E-state index contributed by atoms with van der Waals surface area (Å²) in [6, 6.07) is 29.3. The van der Waals surface area contributed by atoms with Gasteiger partial charge in [-0.05, 0) is 89.8 Å². The second kappa shape index (κ2) is 10.1. The molecule has 0 aliphatic carbocycles. The SMILES string of the molecule is COc1ccc(CC(=O)N2CC3(CCN(Cc4ccc5ccccc5c4)CC3)c3cc(OC)ccc32)cc1. The van der Waals surface area contributed by atoms with E-state index in [-0.39, 0.29) is 11.3 Å². The van der Waals surface area contributed by atoms with E-state index < -0.39 is 0 Å². The van der Waals surface area contributed by atoms with Crippen molar-refractivity contribution < 1.29 is 14.3 Å².